The maximum Gasteiger partial charge on any atom is 0.218 e. The summed E-state index contributed by atoms with van der Waals surface area (Å²) < 4.78 is 10.7. The molecule has 0 aliphatic carbocycles. The summed E-state index contributed by atoms with van der Waals surface area (Å²) in [6, 6.07) is 1.63. The fraction of sp³-hybridized carbons (Fsp3) is 0.600. The lowest BCUT2D eigenvalue weighted by Gasteiger charge is -2.06. The summed E-state index contributed by atoms with van der Waals surface area (Å²) in [5.41, 5.74) is 2.42. The normalized spacial score (nSPS) is 10.1. The van der Waals surface area contributed by atoms with Gasteiger partial charge in [0.1, 0.15) is 18.8 Å². The number of nitrogens with zero attached hydrogens (tertiary/aromatic N) is 2. The first-order valence-electron chi connectivity index (χ1n) is 5.36. The molecule has 1 aromatic heterocycles. The number of rotatable bonds is 8. The lowest BCUT2D eigenvalue weighted by molar-refractivity contribution is 0.0965. The summed E-state index contributed by atoms with van der Waals surface area (Å²) in [6.07, 6.45) is 3.61. The molecule has 16 heavy (non-hydrogen) atoms. The molecule has 90 valence electrons. The van der Waals surface area contributed by atoms with Crippen LogP contribution in [0.15, 0.2) is 12.4 Å². The van der Waals surface area contributed by atoms with Gasteiger partial charge in [0.25, 0.3) is 0 Å². The second-order valence-electron chi connectivity index (χ2n) is 3.20. The Morgan fingerprint density at radius 1 is 1.31 bits per heavy atom. The van der Waals surface area contributed by atoms with E-state index in [9.17, 15) is 0 Å². The van der Waals surface area contributed by atoms with Crippen LogP contribution in [0.5, 0.6) is 5.88 Å². The standard InChI is InChI=1S/C10H18N4O2/c1-2-3-4-15-5-6-16-10-7-9(14-11)12-8-13-10/h7-8H,2-6,11H2,1H3,(H,12,13,14). The van der Waals surface area contributed by atoms with Gasteiger partial charge < -0.3 is 14.9 Å². The van der Waals surface area contributed by atoms with Crippen LogP contribution in [0.4, 0.5) is 5.82 Å². The molecule has 0 radical (unpaired) electrons. The molecule has 0 aliphatic rings. The van der Waals surface area contributed by atoms with Crippen molar-refractivity contribution in [3.05, 3.63) is 12.4 Å². The molecule has 1 rings (SSSR count). The van der Waals surface area contributed by atoms with Gasteiger partial charge >= 0.3 is 0 Å². The van der Waals surface area contributed by atoms with Gasteiger partial charge in [0.05, 0.1) is 6.61 Å². The monoisotopic (exact) mass is 226 g/mol. The average Bonchev–Trinajstić information content (AvgIpc) is 2.34. The summed E-state index contributed by atoms with van der Waals surface area (Å²) in [5.74, 6) is 6.22. The molecule has 0 fully saturated rings. The van der Waals surface area contributed by atoms with Gasteiger partial charge in [0.15, 0.2) is 0 Å². The summed E-state index contributed by atoms with van der Waals surface area (Å²) in [4.78, 5) is 7.81. The van der Waals surface area contributed by atoms with Crippen molar-refractivity contribution in [3.63, 3.8) is 0 Å². The van der Waals surface area contributed by atoms with Crippen LogP contribution in [0.1, 0.15) is 19.8 Å². The second kappa shape index (κ2) is 7.84. The minimum absolute atomic E-state index is 0.477. The minimum Gasteiger partial charge on any atom is -0.475 e. The van der Waals surface area contributed by atoms with Crippen LogP contribution in [0.3, 0.4) is 0 Å². The van der Waals surface area contributed by atoms with Crippen LogP contribution in [-0.2, 0) is 4.74 Å². The summed E-state index contributed by atoms with van der Waals surface area (Å²) in [6.45, 7) is 3.95. The molecule has 0 saturated carbocycles. The molecule has 1 heterocycles. The Hall–Kier alpha value is -1.40. The third-order valence-corrected chi connectivity index (χ3v) is 1.91. The third kappa shape index (κ3) is 4.90. The molecular formula is C10H18N4O2. The molecular weight excluding hydrogens is 208 g/mol. The van der Waals surface area contributed by atoms with Crippen LogP contribution >= 0.6 is 0 Å². The number of nitrogens with one attached hydrogen (secondary N) is 1. The van der Waals surface area contributed by atoms with Gasteiger partial charge in [0, 0.05) is 12.7 Å². The molecule has 1 aromatic rings. The van der Waals surface area contributed by atoms with Gasteiger partial charge in [-0.15, -0.1) is 0 Å². The number of nitrogens with two attached hydrogens (primary N) is 1. The van der Waals surface area contributed by atoms with Crippen LogP contribution in [0.25, 0.3) is 0 Å². The van der Waals surface area contributed by atoms with E-state index in [-0.39, 0.29) is 0 Å². The predicted octanol–water partition coefficient (Wildman–Crippen LogP) is 0.958. The number of nitrogen functional groups attached to an aromatic ring is 1. The lowest BCUT2D eigenvalue weighted by atomic mass is 10.4. The van der Waals surface area contributed by atoms with Crippen LogP contribution < -0.4 is 16.0 Å². The van der Waals surface area contributed by atoms with Crippen molar-refractivity contribution in [2.24, 2.45) is 5.84 Å². The van der Waals surface area contributed by atoms with Gasteiger partial charge in [-0.25, -0.2) is 15.8 Å². The van der Waals surface area contributed by atoms with E-state index in [1.165, 1.54) is 6.33 Å². The van der Waals surface area contributed by atoms with Gasteiger partial charge in [-0.3, -0.25) is 0 Å². The Bertz CT molecular complexity index is 296. The fourth-order valence-electron chi connectivity index (χ4n) is 1.05. The highest BCUT2D eigenvalue weighted by molar-refractivity contribution is 5.35. The maximum atomic E-state index is 5.36. The molecule has 0 aliphatic heterocycles. The Kier molecular flexibility index (Phi) is 6.20. The van der Waals surface area contributed by atoms with Gasteiger partial charge in [-0.1, -0.05) is 13.3 Å². The first-order chi connectivity index (χ1) is 7.86. The van der Waals surface area contributed by atoms with E-state index in [0.29, 0.717) is 24.9 Å². The molecule has 0 spiro atoms. The van der Waals surface area contributed by atoms with Crippen molar-refractivity contribution >= 4 is 5.82 Å². The Morgan fingerprint density at radius 2 is 2.19 bits per heavy atom. The number of aromatic nitrogens is 2. The smallest absolute Gasteiger partial charge is 0.218 e. The Morgan fingerprint density at radius 3 is 2.94 bits per heavy atom. The zero-order valence-electron chi connectivity index (χ0n) is 9.48. The highest BCUT2D eigenvalue weighted by Crippen LogP contribution is 2.09. The van der Waals surface area contributed by atoms with Crippen LogP contribution in [0.2, 0.25) is 0 Å². The van der Waals surface area contributed by atoms with E-state index in [1.54, 1.807) is 6.07 Å². The summed E-state index contributed by atoms with van der Waals surface area (Å²) >= 11 is 0. The fourth-order valence-corrected chi connectivity index (χ4v) is 1.05. The average molecular weight is 226 g/mol. The van der Waals surface area contributed by atoms with Gasteiger partial charge in [-0.05, 0) is 6.42 Å². The zero-order chi connectivity index (χ0) is 11.6. The van der Waals surface area contributed by atoms with Crippen molar-refractivity contribution in [2.75, 3.05) is 25.2 Å². The van der Waals surface area contributed by atoms with E-state index in [1.807, 2.05) is 0 Å². The number of ether oxygens (including phenoxy) is 2. The van der Waals surface area contributed by atoms with E-state index in [0.717, 1.165) is 19.4 Å². The first kappa shape index (κ1) is 12.7. The number of anilines is 1. The summed E-state index contributed by atoms with van der Waals surface area (Å²) in [7, 11) is 0. The van der Waals surface area contributed by atoms with E-state index in [2.05, 4.69) is 22.3 Å². The quantitative estimate of drug-likeness (QED) is 0.390. The van der Waals surface area contributed by atoms with Crippen molar-refractivity contribution in [2.45, 2.75) is 19.8 Å². The SMILES string of the molecule is CCCCOCCOc1cc(NN)ncn1. The topological polar surface area (TPSA) is 82.3 Å². The highest BCUT2D eigenvalue weighted by Gasteiger charge is 1.97. The minimum atomic E-state index is 0.477. The predicted molar refractivity (Wildman–Crippen MR) is 61.1 cm³/mol. The Labute approximate surface area is 95.1 Å². The largest absolute Gasteiger partial charge is 0.475 e. The lowest BCUT2D eigenvalue weighted by Crippen LogP contribution is -2.11. The molecule has 0 amide bonds. The van der Waals surface area contributed by atoms with E-state index >= 15 is 0 Å². The molecule has 0 aromatic carbocycles. The maximum absolute atomic E-state index is 5.36. The Balaban J connectivity index is 2.16. The first-order valence-corrected chi connectivity index (χ1v) is 5.36. The molecule has 0 atom stereocenters. The van der Waals surface area contributed by atoms with E-state index < -0.39 is 0 Å². The van der Waals surface area contributed by atoms with Crippen molar-refractivity contribution in [3.8, 4) is 5.88 Å². The molecule has 6 nitrogen and oxygen atoms in total. The van der Waals surface area contributed by atoms with Gasteiger partial charge in [-0.2, -0.15) is 0 Å². The molecule has 0 saturated heterocycles. The van der Waals surface area contributed by atoms with Crippen LogP contribution in [-0.4, -0.2) is 29.8 Å². The number of unbranched alkanes of at least 4 members (excludes halogenated alkanes) is 1. The zero-order valence-corrected chi connectivity index (χ0v) is 9.48. The number of hydrazine groups is 1. The van der Waals surface area contributed by atoms with Crippen LogP contribution in [0, 0.1) is 0 Å². The second-order valence-corrected chi connectivity index (χ2v) is 3.20. The summed E-state index contributed by atoms with van der Waals surface area (Å²) in [5, 5.41) is 0. The number of hydrogen-bond acceptors (Lipinski definition) is 6. The molecule has 0 bridgehead atoms. The van der Waals surface area contributed by atoms with E-state index in [4.69, 9.17) is 15.3 Å². The highest BCUT2D eigenvalue weighted by atomic mass is 16.5. The molecule has 0 unspecified atom stereocenters. The van der Waals surface area contributed by atoms with Crippen molar-refractivity contribution in [1.82, 2.24) is 9.97 Å². The number of hydrogen-bond donors (Lipinski definition) is 2. The van der Waals surface area contributed by atoms with Gasteiger partial charge in [0.2, 0.25) is 5.88 Å². The third-order valence-electron chi connectivity index (χ3n) is 1.91. The molecule has 6 heteroatoms. The van der Waals surface area contributed by atoms with Crippen molar-refractivity contribution in [1.29, 1.82) is 0 Å². The van der Waals surface area contributed by atoms with Crippen molar-refractivity contribution < 1.29 is 9.47 Å². The molecule has 3 N–H and O–H groups in total.